The lowest BCUT2D eigenvalue weighted by molar-refractivity contribution is 0.784. The lowest BCUT2D eigenvalue weighted by Gasteiger charge is -2.07. The molecule has 0 spiro atoms. The van der Waals surface area contributed by atoms with Crippen molar-refractivity contribution in [2.45, 2.75) is 6.54 Å². The smallest absolute Gasteiger partial charge is 0.173 e. The van der Waals surface area contributed by atoms with Crippen molar-refractivity contribution in [3.05, 3.63) is 53.0 Å². The van der Waals surface area contributed by atoms with E-state index in [2.05, 4.69) is 15.0 Å². The number of benzene rings is 1. The van der Waals surface area contributed by atoms with Crippen molar-refractivity contribution in [1.82, 2.24) is 19.5 Å². The molecule has 0 amide bonds. The molecule has 3 rings (SSSR count). The molecule has 5 nitrogen and oxygen atoms in total. The SMILES string of the molecule is Cl.N=c1ncn(Cc2ccc(Cl)cc2)c2nc[nH]c12. The van der Waals surface area contributed by atoms with Gasteiger partial charge in [-0.3, -0.25) is 5.41 Å². The highest BCUT2D eigenvalue weighted by atomic mass is 35.5. The molecule has 3 aromatic rings. The zero-order valence-electron chi connectivity index (χ0n) is 9.80. The number of hydrogen-bond acceptors (Lipinski definition) is 3. The van der Waals surface area contributed by atoms with Crippen LogP contribution in [0.2, 0.25) is 5.02 Å². The Kier molecular flexibility index (Phi) is 3.87. The van der Waals surface area contributed by atoms with Crippen molar-refractivity contribution in [3.8, 4) is 0 Å². The van der Waals surface area contributed by atoms with Crippen LogP contribution in [0.4, 0.5) is 0 Å². The second kappa shape index (κ2) is 5.42. The maximum absolute atomic E-state index is 7.67. The zero-order valence-corrected chi connectivity index (χ0v) is 11.4. The first-order chi connectivity index (χ1) is 8.74. The highest BCUT2D eigenvalue weighted by Crippen LogP contribution is 2.12. The molecule has 1 aromatic carbocycles. The fourth-order valence-electron chi connectivity index (χ4n) is 1.83. The van der Waals surface area contributed by atoms with E-state index in [1.807, 2.05) is 28.8 Å². The van der Waals surface area contributed by atoms with Gasteiger partial charge in [-0.05, 0) is 17.7 Å². The molecule has 0 aliphatic rings. The number of H-pyrrole nitrogens is 1. The summed E-state index contributed by atoms with van der Waals surface area (Å²) in [5, 5.41) is 8.39. The summed E-state index contributed by atoms with van der Waals surface area (Å²) in [5.41, 5.74) is 2.68. The van der Waals surface area contributed by atoms with Gasteiger partial charge >= 0.3 is 0 Å². The predicted octanol–water partition coefficient (Wildman–Crippen LogP) is 2.36. The van der Waals surface area contributed by atoms with Crippen molar-refractivity contribution in [2.24, 2.45) is 0 Å². The molecular formula is C12H11Cl2N5. The molecule has 0 atom stereocenters. The molecule has 7 heteroatoms. The van der Waals surface area contributed by atoms with E-state index in [-0.39, 0.29) is 17.9 Å². The fourth-order valence-corrected chi connectivity index (χ4v) is 1.95. The number of nitrogens with zero attached hydrogens (tertiary/aromatic N) is 3. The van der Waals surface area contributed by atoms with Gasteiger partial charge in [0.1, 0.15) is 5.52 Å². The summed E-state index contributed by atoms with van der Waals surface area (Å²) in [5.74, 6) is 0. The lowest BCUT2D eigenvalue weighted by Crippen LogP contribution is -2.13. The van der Waals surface area contributed by atoms with Gasteiger partial charge in [0.2, 0.25) is 0 Å². The van der Waals surface area contributed by atoms with Crippen LogP contribution in [0.25, 0.3) is 11.2 Å². The van der Waals surface area contributed by atoms with E-state index in [9.17, 15) is 0 Å². The Morgan fingerprint density at radius 1 is 1.21 bits per heavy atom. The maximum Gasteiger partial charge on any atom is 0.173 e. The summed E-state index contributed by atoms with van der Waals surface area (Å²) < 4.78 is 1.90. The molecule has 2 heterocycles. The molecule has 0 aliphatic heterocycles. The monoisotopic (exact) mass is 295 g/mol. The minimum Gasteiger partial charge on any atom is -0.340 e. The Hall–Kier alpha value is -1.85. The van der Waals surface area contributed by atoms with Crippen LogP contribution in [-0.4, -0.2) is 19.5 Å². The molecule has 0 bridgehead atoms. The van der Waals surface area contributed by atoms with E-state index in [4.69, 9.17) is 17.0 Å². The van der Waals surface area contributed by atoms with E-state index >= 15 is 0 Å². The average Bonchev–Trinajstić information content (AvgIpc) is 2.86. The van der Waals surface area contributed by atoms with Crippen LogP contribution >= 0.6 is 24.0 Å². The molecule has 2 N–H and O–H groups in total. The third kappa shape index (κ3) is 2.62. The topological polar surface area (TPSA) is 70.3 Å². The van der Waals surface area contributed by atoms with Crippen molar-refractivity contribution in [1.29, 1.82) is 5.41 Å². The molecule has 98 valence electrons. The Balaban J connectivity index is 0.00000133. The van der Waals surface area contributed by atoms with E-state index in [1.165, 1.54) is 0 Å². The van der Waals surface area contributed by atoms with Crippen LogP contribution in [0, 0.1) is 5.41 Å². The standard InChI is InChI=1S/C12H10ClN5.ClH/c13-9-3-1-8(2-4-9)5-18-7-17-11(14)10-12(18)16-6-15-10;/h1-4,6-7,14H,5H2,(H,15,16);1H. The molecule has 0 radical (unpaired) electrons. The van der Waals surface area contributed by atoms with Gasteiger partial charge in [-0.15, -0.1) is 12.4 Å². The Morgan fingerprint density at radius 2 is 1.95 bits per heavy atom. The maximum atomic E-state index is 7.67. The molecule has 0 fully saturated rings. The third-order valence-corrected chi connectivity index (χ3v) is 2.97. The van der Waals surface area contributed by atoms with Gasteiger partial charge in [-0.25, -0.2) is 9.97 Å². The van der Waals surface area contributed by atoms with Crippen molar-refractivity contribution in [3.63, 3.8) is 0 Å². The number of rotatable bonds is 2. The minimum atomic E-state index is 0. The third-order valence-electron chi connectivity index (χ3n) is 2.72. The van der Waals surface area contributed by atoms with E-state index < -0.39 is 0 Å². The number of aromatic amines is 1. The number of hydrogen-bond donors (Lipinski definition) is 2. The van der Waals surface area contributed by atoms with E-state index in [1.54, 1.807) is 12.7 Å². The van der Waals surface area contributed by atoms with Crippen LogP contribution < -0.4 is 5.49 Å². The van der Waals surface area contributed by atoms with Gasteiger partial charge in [0, 0.05) is 5.02 Å². The fraction of sp³-hybridized carbons (Fsp3) is 0.0833. The van der Waals surface area contributed by atoms with Crippen molar-refractivity contribution >= 4 is 35.2 Å². The largest absolute Gasteiger partial charge is 0.340 e. The zero-order chi connectivity index (χ0) is 12.5. The Bertz CT molecular complexity index is 745. The quantitative estimate of drug-likeness (QED) is 0.762. The first kappa shape index (κ1) is 13.6. The Labute approximate surface area is 120 Å². The van der Waals surface area contributed by atoms with Gasteiger partial charge in [0.15, 0.2) is 11.1 Å². The molecule has 19 heavy (non-hydrogen) atoms. The van der Waals surface area contributed by atoms with Gasteiger partial charge in [-0.2, -0.15) is 0 Å². The van der Waals surface area contributed by atoms with Crippen LogP contribution in [0.5, 0.6) is 0 Å². The van der Waals surface area contributed by atoms with Crippen molar-refractivity contribution < 1.29 is 0 Å². The highest BCUT2D eigenvalue weighted by Gasteiger charge is 2.04. The van der Waals surface area contributed by atoms with Gasteiger partial charge in [0.05, 0.1) is 19.2 Å². The normalized spacial score (nSPS) is 10.4. The average molecular weight is 296 g/mol. The van der Waals surface area contributed by atoms with Crippen LogP contribution in [0.15, 0.2) is 36.9 Å². The molecule has 2 aromatic heterocycles. The summed E-state index contributed by atoms with van der Waals surface area (Å²) in [6.45, 7) is 0.645. The van der Waals surface area contributed by atoms with Crippen LogP contribution in [0.1, 0.15) is 5.56 Å². The van der Waals surface area contributed by atoms with Gasteiger partial charge in [-0.1, -0.05) is 23.7 Å². The first-order valence-corrected chi connectivity index (χ1v) is 5.79. The summed E-state index contributed by atoms with van der Waals surface area (Å²) in [4.78, 5) is 11.2. The molecule has 0 aliphatic carbocycles. The molecular weight excluding hydrogens is 285 g/mol. The second-order valence-electron chi connectivity index (χ2n) is 3.95. The molecule has 0 saturated carbocycles. The predicted molar refractivity (Wildman–Crippen MR) is 75.5 cm³/mol. The number of aromatic nitrogens is 4. The molecule has 0 unspecified atom stereocenters. The summed E-state index contributed by atoms with van der Waals surface area (Å²) in [6, 6.07) is 7.63. The van der Waals surface area contributed by atoms with Gasteiger partial charge < -0.3 is 9.55 Å². The van der Waals surface area contributed by atoms with Crippen molar-refractivity contribution in [2.75, 3.05) is 0 Å². The Morgan fingerprint density at radius 3 is 2.68 bits per heavy atom. The van der Waals surface area contributed by atoms with Gasteiger partial charge in [0.25, 0.3) is 0 Å². The van der Waals surface area contributed by atoms with Crippen LogP contribution in [0.3, 0.4) is 0 Å². The minimum absolute atomic E-state index is 0. The number of imidazole rings is 1. The lowest BCUT2D eigenvalue weighted by atomic mass is 10.2. The second-order valence-corrected chi connectivity index (χ2v) is 4.39. The number of nitrogens with one attached hydrogen (secondary N) is 2. The first-order valence-electron chi connectivity index (χ1n) is 5.41. The van der Waals surface area contributed by atoms with Crippen LogP contribution in [-0.2, 0) is 6.54 Å². The highest BCUT2D eigenvalue weighted by molar-refractivity contribution is 6.30. The summed E-state index contributed by atoms with van der Waals surface area (Å²) in [7, 11) is 0. The summed E-state index contributed by atoms with van der Waals surface area (Å²) in [6.07, 6.45) is 3.20. The van der Waals surface area contributed by atoms with E-state index in [0.29, 0.717) is 17.1 Å². The van der Waals surface area contributed by atoms with E-state index in [0.717, 1.165) is 11.2 Å². The molecule has 0 saturated heterocycles. The summed E-state index contributed by atoms with van der Waals surface area (Å²) >= 11 is 5.85. The number of fused-ring (bicyclic) bond motifs is 1. The number of halogens is 2.